The van der Waals surface area contributed by atoms with E-state index in [1.807, 2.05) is 0 Å². The fraction of sp³-hybridized carbons (Fsp3) is 0.286. The van der Waals surface area contributed by atoms with Gasteiger partial charge in [-0.15, -0.1) is 0 Å². The molecule has 0 fully saturated rings. The minimum atomic E-state index is -4.45. The molecule has 0 aliphatic carbocycles. The fourth-order valence-electron chi connectivity index (χ4n) is 2.11. The van der Waals surface area contributed by atoms with E-state index in [4.69, 9.17) is 0 Å². The number of aliphatic carboxylic acids is 1. The molecule has 0 aliphatic rings. The first kappa shape index (κ1) is 16.0. The van der Waals surface area contributed by atoms with Crippen molar-refractivity contribution in [1.82, 2.24) is 10.1 Å². The van der Waals surface area contributed by atoms with Crippen LogP contribution in [0.2, 0.25) is 0 Å². The van der Waals surface area contributed by atoms with Crippen LogP contribution < -0.4 is 0 Å². The maximum Gasteiger partial charge on any atom is 0.416 e. The summed E-state index contributed by atoms with van der Waals surface area (Å²) in [5, 5.41) is 13.0. The number of nitrogens with zero attached hydrogens (tertiary/aromatic N) is 2. The van der Waals surface area contributed by atoms with Crippen molar-refractivity contribution >= 4 is 5.97 Å². The number of halogens is 3. The summed E-state index contributed by atoms with van der Waals surface area (Å²) in [6.45, 7) is 0.189. The number of hydrogen-bond acceptors (Lipinski definition) is 4. The SMILES string of the molecule is CN(Cc1ccon1)C(C(=O)O)c1ccc(C(F)(F)F)cc1. The molecule has 1 N–H and O–H groups in total. The van der Waals surface area contributed by atoms with Crippen LogP contribution in [0, 0.1) is 0 Å². The van der Waals surface area contributed by atoms with E-state index in [9.17, 15) is 23.1 Å². The number of benzene rings is 1. The molecule has 1 aromatic heterocycles. The zero-order valence-corrected chi connectivity index (χ0v) is 11.5. The van der Waals surface area contributed by atoms with Gasteiger partial charge in [0, 0.05) is 12.6 Å². The first-order chi connectivity index (χ1) is 10.3. The highest BCUT2D eigenvalue weighted by atomic mass is 19.4. The van der Waals surface area contributed by atoms with E-state index in [1.165, 1.54) is 23.3 Å². The molecule has 0 amide bonds. The van der Waals surface area contributed by atoms with Gasteiger partial charge in [0.15, 0.2) is 0 Å². The van der Waals surface area contributed by atoms with Crippen molar-refractivity contribution < 1.29 is 27.6 Å². The van der Waals surface area contributed by atoms with E-state index < -0.39 is 23.8 Å². The van der Waals surface area contributed by atoms with Crippen LogP contribution in [0.5, 0.6) is 0 Å². The second-order valence-corrected chi connectivity index (χ2v) is 4.77. The molecule has 0 bridgehead atoms. The number of hydrogen-bond donors (Lipinski definition) is 1. The van der Waals surface area contributed by atoms with Gasteiger partial charge < -0.3 is 9.63 Å². The van der Waals surface area contributed by atoms with Crippen LogP contribution in [0.3, 0.4) is 0 Å². The van der Waals surface area contributed by atoms with Gasteiger partial charge in [0.2, 0.25) is 0 Å². The summed E-state index contributed by atoms with van der Waals surface area (Å²) >= 11 is 0. The Morgan fingerprint density at radius 2 is 1.95 bits per heavy atom. The van der Waals surface area contributed by atoms with Crippen molar-refractivity contribution in [2.75, 3.05) is 7.05 Å². The van der Waals surface area contributed by atoms with E-state index in [0.29, 0.717) is 5.69 Å². The van der Waals surface area contributed by atoms with Crippen LogP contribution in [0.25, 0.3) is 0 Å². The lowest BCUT2D eigenvalue weighted by Crippen LogP contribution is -2.30. The molecule has 0 radical (unpaired) electrons. The Labute approximate surface area is 123 Å². The number of carboxylic acids is 1. The summed E-state index contributed by atoms with van der Waals surface area (Å²) in [4.78, 5) is 12.9. The Morgan fingerprint density at radius 3 is 2.41 bits per heavy atom. The highest BCUT2D eigenvalue weighted by Gasteiger charge is 2.31. The van der Waals surface area contributed by atoms with Crippen molar-refractivity contribution in [3.8, 4) is 0 Å². The Morgan fingerprint density at radius 1 is 1.32 bits per heavy atom. The zero-order chi connectivity index (χ0) is 16.3. The van der Waals surface area contributed by atoms with E-state index in [2.05, 4.69) is 9.68 Å². The maximum atomic E-state index is 12.5. The van der Waals surface area contributed by atoms with Crippen LogP contribution in [0.1, 0.15) is 22.9 Å². The highest BCUT2D eigenvalue weighted by Crippen LogP contribution is 2.31. The summed E-state index contributed by atoms with van der Waals surface area (Å²) in [7, 11) is 1.55. The third kappa shape index (κ3) is 3.64. The third-order valence-electron chi connectivity index (χ3n) is 3.13. The number of aromatic nitrogens is 1. The molecule has 0 aliphatic heterocycles. The van der Waals surface area contributed by atoms with E-state index >= 15 is 0 Å². The molecule has 1 aromatic carbocycles. The molecular formula is C14H13F3N2O3. The summed E-state index contributed by atoms with van der Waals surface area (Å²) in [6, 6.07) is 4.58. The zero-order valence-electron chi connectivity index (χ0n) is 11.5. The lowest BCUT2D eigenvalue weighted by Gasteiger charge is -2.24. The summed E-state index contributed by atoms with van der Waals surface area (Å²) in [5.74, 6) is -1.16. The molecule has 1 atom stereocenters. The quantitative estimate of drug-likeness (QED) is 0.919. The second-order valence-electron chi connectivity index (χ2n) is 4.77. The van der Waals surface area contributed by atoms with Crippen molar-refractivity contribution in [3.63, 3.8) is 0 Å². The number of likely N-dealkylation sites (N-methyl/N-ethyl adjacent to an activating group) is 1. The Bertz CT molecular complexity index is 624. The van der Waals surface area contributed by atoms with Gasteiger partial charge in [0.05, 0.1) is 11.3 Å². The first-order valence-corrected chi connectivity index (χ1v) is 6.28. The number of alkyl halides is 3. The molecule has 118 valence electrons. The molecule has 22 heavy (non-hydrogen) atoms. The van der Waals surface area contributed by atoms with Gasteiger partial charge in [-0.1, -0.05) is 17.3 Å². The topological polar surface area (TPSA) is 66.6 Å². The van der Waals surface area contributed by atoms with Crippen LogP contribution in [0.15, 0.2) is 41.1 Å². The minimum Gasteiger partial charge on any atom is -0.480 e. The molecule has 1 unspecified atom stereocenters. The van der Waals surface area contributed by atoms with Gasteiger partial charge in [0.1, 0.15) is 12.3 Å². The lowest BCUT2D eigenvalue weighted by molar-refractivity contribution is -0.143. The molecule has 2 aromatic rings. The van der Waals surface area contributed by atoms with Gasteiger partial charge in [-0.05, 0) is 24.7 Å². The van der Waals surface area contributed by atoms with Crippen molar-refractivity contribution in [2.24, 2.45) is 0 Å². The van der Waals surface area contributed by atoms with Gasteiger partial charge in [-0.25, -0.2) is 0 Å². The Hall–Kier alpha value is -2.35. The summed E-state index contributed by atoms with van der Waals surface area (Å²) in [5.41, 5.74) is -0.0355. The molecule has 8 heteroatoms. The summed E-state index contributed by atoms with van der Waals surface area (Å²) in [6.07, 6.45) is -3.10. The normalized spacial score (nSPS) is 13.3. The maximum absolute atomic E-state index is 12.5. The highest BCUT2D eigenvalue weighted by molar-refractivity contribution is 5.75. The van der Waals surface area contributed by atoms with Gasteiger partial charge in [-0.3, -0.25) is 9.69 Å². The molecular weight excluding hydrogens is 301 g/mol. The van der Waals surface area contributed by atoms with Crippen LogP contribution in [-0.2, 0) is 17.5 Å². The van der Waals surface area contributed by atoms with Gasteiger partial charge in [0.25, 0.3) is 0 Å². The minimum absolute atomic E-state index is 0.189. The number of rotatable bonds is 5. The monoisotopic (exact) mass is 314 g/mol. The standard InChI is InChI=1S/C14H13F3N2O3/c1-19(8-11-6-7-22-18-11)12(13(20)21)9-2-4-10(5-3-9)14(15,16)17/h2-7,12H,8H2,1H3,(H,20,21). The molecule has 0 spiro atoms. The van der Waals surface area contributed by atoms with Crippen molar-refractivity contribution in [2.45, 2.75) is 18.8 Å². The van der Waals surface area contributed by atoms with E-state index in [1.54, 1.807) is 13.1 Å². The largest absolute Gasteiger partial charge is 0.480 e. The smallest absolute Gasteiger partial charge is 0.416 e. The van der Waals surface area contributed by atoms with Crippen molar-refractivity contribution in [1.29, 1.82) is 0 Å². The first-order valence-electron chi connectivity index (χ1n) is 6.28. The molecule has 2 rings (SSSR count). The average molecular weight is 314 g/mol. The Balaban J connectivity index is 2.22. The van der Waals surface area contributed by atoms with Crippen molar-refractivity contribution in [3.05, 3.63) is 53.4 Å². The van der Waals surface area contributed by atoms with Crippen LogP contribution >= 0.6 is 0 Å². The predicted molar refractivity (Wildman–Crippen MR) is 69.8 cm³/mol. The molecule has 5 nitrogen and oxygen atoms in total. The third-order valence-corrected chi connectivity index (χ3v) is 3.13. The molecule has 0 saturated heterocycles. The van der Waals surface area contributed by atoms with Crippen LogP contribution in [0.4, 0.5) is 13.2 Å². The van der Waals surface area contributed by atoms with Gasteiger partial charge >= 0.3 is 12.1 Å². The van der Waals surface area contributed by atoms with Gasteiger partial charge in [-0.2, -0.15) is 13.2 Å². The Kier molecular flexibility index (Phi) is 4.51. The molecule has 0 saturated carbocycles. The average Bonchev–Trinajstić information content (AvgIpc) is 2.90. The van der Waals surface area contributed by atoms with E-state index in [-0.39, 0.29) is 12.1 Å². The van der Waals surface area contributed by atoms with E-state index in [0.717, 1.165) is 12.1 Å². The number of carbonyl (C=O) groups is 1. The fourth-order valence-corrected chi connectivity index (χ4v) is 2.11. The second kappa shape index (κ2) is 6.18. The number of carboxylic acid groups (broad SMARTS) is 1. The van der Waals surface area contributed by atoms with Crippen LogP contribution in [-0.4, -0.2) is 28.2 Å². The lowest BCUT2D eigenvalue weighted by atomic mass is 10.0. The predicted octanol–water partition coefficient (Wildman–Crippen LogP) is 2.95. The summed E-state index contributed by atoms with van der Waals surface area (Å²) < 4.78 is 42.3. The molecule has 1 heterocycles.